The van der Waals surface area contributed by atoms with Crippen molar-refractivity contribution in [3.63, 3.8) is 0 Å². The summed E-state index contributed by atoms with van der Waals surface area (Å²) in [4.78, 5) is 24.4. The quantitative estimate of drug-likeness (QED) is 0.163. The number of ether oxygens (including phenoxy) is 2. The average molecular weight is 501 g/mol. The molecule has 0 aromatic carbocycles. The molecule has 2 aliphatic rings. The van der Waals surface area contributed by atoms with E-state index in [0.29, 0.717) is 25.7 Å². The Hall–Kier alpha value is -1.86. The number of urea groups is 1. The van der Waals surface area contributed by atoms with E-state index in [1.807, 2.05) is 26.8 Å². The maximum atomic E-state index is 12.0. The Morgan fingerprint density at radius 3 is 2.54 bits per heavy atom. The number of hydrogen-bond donors (Lipinski definition) is 6. The van der Waals surface area contributed by atoms with E-state index in [-0.39, 0.29) is 19.6 Å². The molecule has 2 aliphatic heterocycles. The fraction of sp³-hybridized carbons (Fsp3) is 0.750. The van der Waals surface area contributed by atoms with Gasteiger partial charge in [0.05, 0.1) is 18.3 Å². The van der Waals surface area contributed by atoms with Gasteiger partial charge in [0, 0.05) is 13.0 Å². The number of carbonyl (C=O) groups is 2. The van der Waals surface area contributed by atoms with Crippen LogP contribution in [0.15, 0.2) is 23.3 Å². The first-order valence-corrected chi connectivity index (χ1v) is 11.9. The maximum Gasteiger partial charge on any atom is 0.326 e. The van der Waals surface area contributed by atoms with Gasteiger partial charge in [0.2, 0.25) is 5.91 Å². The van der Waals surface area contributed by atoms with E-state index in [2.05, 4.69) is 5.32 Å². The highest BCUT2D eigenvalue weighted by Crippen LogP contribution is 2.28. The lowest BCUT2D eigenvalue weighted by Gasteiger charge is -2.32. The normalized spacial score (nSPS) is 28.9. The summed E-state index contributed by atoms with van der Waals surface area (Å²) in [5.74, 6) is -0.443. The topological polar surface area (TPSA) is 169 Å². The molecule has 200 valence electrons. The lowest BCUT2D eigenvalue weighted by atomic mass is 9.89. The number of hydrogen-bond acceptors (Lipinski definition) is 9. The van der Waals surface area contributed by atoms with Crippen LogP contribution >= 0.6 is 0 Å². The Labute approximate surface area is 206 Å². The van der Waals surface area contributed by atoms with Crippen LogP contribution in [0, 0.1) is 0 Å². The van der Waals surface area contributed by atoms with Crippen molar-refractivity contribution in [3.05, 3.63) is 23.3 Å². The van der Waals surface area contributed by atoms with Crippen molar-refractivity contribution in [1.29, 1.82) is 0 Å². The van der Waals surface area contributed by atoms with Crippen molar-refractivity contribution >= 4 is 11.9 Å². The fourth-order valence-corrected chi connectivity index (χ4v) is 3.98. The first kappa shape index (κ1) is 29.4. The first-order chi connectivity index (χ1) is 16.3. The Balaban J connectivity index is 1.80. The maximum absolute atomic E-state index is 12.0. The molecule has 11 nitrogen and oxygen atoms in total. The van der Waals surface area contributed by atoms with Crippen LogP contribution in [0.25, 0.3) is 0 Å². The molecule has 3 unspecified atom stereocenters. The number of allylic oxidation sites excluding steroid dienone is 3. The molecule has 2 heterocycles. The van der Waals surface area contributed by atoms with Gasteiger partial charge in [0.25, 0.3) is 0 Å². The van der Waals surface area contributed by atoms with Crippen molar-refractivity contribution in [2.24, 2.45) is 0 Å². The molecule has 2 rings (SSSR count). The molecule has 3 amide bonds. The highest BCUT2D eigenvalue weighted by atomic mass is 16.6. The molecule has 11 heteroatoms. The molecule has 7 atom stereocenters. The third kappa shape index (κ3) is 8.35. The van der Waals surface area contributed by atoms with E-state index in [1.54, 1.807) is 13.0 Å². The minimum absolute atomic E-state index is 0.0123. The summed E-state index contributed by atoms with van der Waals surface area (Å²) >= 11 is 0. The third-order valence-corrected chi connectivity index (χ3v) is 6.38. The van der Waals surface area contributed by atoms with Crippen LogP contribution in [0.1, 0.15) is 59.8 Å². The average Bonchev–Trinajstić information content (AvgIpc) is 3.06. The van der Waals surface area contributed by atoms with Crippen LogP contribution < -0.4 is 5.32 Å². The summed E-state index contributed by atoms with van der Waals surface area (Å²) in [6.45, 7) is 7.40. The number of carbonyl (C=O) groups excluding carboxylic acids is 2. The largest absolute Gasteiger partial charge is 0.390 e. The summed E-state index contributed by atoms with van der Waals surface area (Å²) in [6, 6.07) is -0.745. The summed E-state index contributed by atoms with van der Waals surface area (Å²) in [7, 11) is 0. The molecular formula is C24H40N2O9. The Morgan fingerprint density at radius 1 is 1.23 bits per heavy atom. The molecule has 0 aromatic rings. The van der Waals surface area contributed by atoms with Crippen LogP contribution in [0.5, 0.6) is 0 Å². The number of amides is 3. The van der Waals surface area contributed by atoms with Crippen molar-refractivity contribution in [2.45, 2.75) is 102 Å². The van der Waals surface area contributed by atoms with Gasteiger partial charge >= 0.3 is 6.03 Å². The number of nitrogens with one attached hydrogen (secondary N) is 1. The molecule has 2 saturated heterocycles. The molecule has 0 bridgehead atoms. The molecule has 2 fully saturated rings. The zero-order valence-corrected chi connectivity index (χ0v) is 20.9. The Morgan fingerprint density at radius 2 is 1.91 bits per heavy atom. The summed E-state index contributed by atoms with van der Waals surface area (Å²) in [5.41, 5.74) is 0.826. The number of aliphatic hydroxyl groups is 5. The first-order valence-electron chi connectivity index (χ1n) is 11.9. The zero-order chi connectivity index (χ0) is 26.3. The van der Waals surface area contributed by atoms with Gasteiger partial charge in [-0.1, -0.05) is 23.3 Å². The van der Waals surface area contributed by atoms with Crippen LogP contribution in [0.4, 0.5) is 4.79 Å². The fourth-order valence-electron chi connectivity index (χ4n) is 3.98. The second-order valence-electron chi connectivity index (χ2n) is 9.78. The summed E-state index contributed by atoms with van der Waals surface area (Å²) in [6.07, 6.45) is -2.27. The SMILES string of the molecule is CC(C)=CCCC(C)(O)C(O)CC/C(C)=C/COC(O)[C@H]1O[C@@H](N2CCC(=O)NC2=O)[C@H](O)[C@@H]1O. The van der Waals surface area contributed by atoms with Crippen LogP contribution in [-0.2, 0) is 14.3 Å². The van der Waals surface area contributed by atoms with Crippen molar-refractivity contribution < 1.29 is 44.6 Å². The molecule has 0 aliphatic carbocycles. The van der Waals surface area contributed by atoms with Crippen LogP contribution in [0.2, 0.25) is 0 Å². The molecule has 0 spiro atoms. The van der Waals surface area contributed by atoms with E-state index in [9.17, 15) is 35.1 Å². The number of imide groups is 1. The van der Waals surface area contributed by atoms with Gasteiger partial charge in [-0.25, -0.2) is 4.79 Å². The van der Waals surface area contributed by atoms with Crippen LogP contribution in [-0.4, -0.2) is 98.1 Å². The molecule has 35 heavy (non-hydrogen) atoms. The lowest BCUT2D eigenvalue weighted by molar-refractivity contribution is -0.194. The lowest BCUT2D eigenvalue weighted by Crippen LogP contribution is -2.56. The summed E-state index contributed by atoms with van der Waals surface area (Å²) in [5, 5.41) is 53.9. The minimum atomic E-state index is -1.58. The molecular weight excluding hydrogens is 460 g/mol. The van der Waals surface area contributed by atoms with E-state index >= 15 is 0 Å². The van der Waals surface area contributed by atoms with Gasteiger partial charge in [-0.2, -0.15) is 0 Å². The third-order valence-electron chi connectivity index (χ3n) is 6.38. The van der Waals surface area contributed by atoms with Gasteiger partial charge in [-0.15, -0.1) is 0 Å². The van der Waals surface area contributed by atoms with E-state index in [1.165, 1.54) is 0 Å². The predicted molar refractivity (Wildman–Crippen MR) is 126 cm³/mol. The van der Waals surface area contributed by atoms with Gasteiger partial charge in [-0.3, -0.25) is 15.0 Å². The minimum Gasteiger partial charge on any atom is -0.390 e. The van der Waals surface area contributed by atoms with Crippen molar-refractivity contribution in [2.75, 3.05) is 13.2 Å². The van der Waals surface area contributed by atoms with Gasteiger partial charge in [-0.05, 0) is 53.4 Å². The standard InChI is InChI=1S/C24H40N2O9/c1-14(2)6-5-11-24(4,33)16(27)8-7-15(3)10-13-34-22(31)20-18(29)19(30)21(35-20)26-12-9-17(28)25-23(26)32/h6,10,16,18-22,27,29-31,33H,5,7-9,11-13H2,1-4H3,(H,25,28,32)/b15-10+/t16?,18-,19+,20-,21+,22?,24?/m0/s1. The highest BCUT2D eigenvalue weighted by Gasteiger charge is 2.50. The van der Waals surface area contributed by atoms with Crippen LogP contribution in [0.3, 0.4) is 0 Å². The van der Waals surface area contributed by atoms with Gasteiger partial charge in [0.15, 0.2) is 12.5 Å². The number of nitrogens with zero attached hydrogens (tertiary/aromatic N) is 1. The van der Waals surface area contributed by atoms with Crippen molar-refractivity contribution in [1.82, 2.24) is 10.2 Å². The van der Waals surface area contributed by atoms with E-state index in [4.69, 9.17) is 9.47 Å². The van der Waals surface area contributed by atoms with E-state index in [0.717, 1.165) is 16.0 Å². The monoisotopic (exact) mass is 500 g/mol. The molecule has 0 radical (unpaired) electrons. The second kappa shape index (κ2) is 12.9. The van der Waals surface area contributed by atoms with Crippen molar-refractivity contribution in [3.8, 4) is 0 Å². The smallest absolute Gasteiger partial charge is 0.326 e. The second-order valence-corrected chi connectivity index (χ2v) is 9.78. The van der Waals surface area contributed by atoms with E-state index < -0.39 is 54.5 Å². The predicted octanol–water partition coefficient (Wildman–Crippen LogP) is 0.295. The van der Waals surface area contributed by atoms with Gasteiger partial charge in [0.1, 0.15) is 18.3 Å². The molecule has 0 saturated carbocycles. The van der Waals surface area contributed by atoms with Gasteiger partial charge < -0.3 is 35.0 Å². The zero-order valence-electron chi connectivity index (χ0n) is 20.9. The highest BCUT2D eigenvalue weighted by molar-refractivity contribution is 5.96. The Kier molecular flexibility index (Phi) is 10.8. The molecule has 6 N–H and O–H groups in total. The Bertz CT molecular complexity index is 794. The summed E-state index contributed by atoms with van der Waals surface area (Å²) < 4.78 is 10.8. The number of rotatable bonds is 12. The number of aliphatic hydroxyl groups excluding tert-OH is 4. The molecule has 0 aromatic heterocycles.